The first kappa shape index (κ1) is 21.5. The van der Waals surface area contributed by atoms with Crippen molar-refractivity contribution in [3.8, 4) is 0 Å². The van der Waals surface area contributed by atoms with Crippen LogP contribution in [-0.2, 0) is 13.0 Å². The van der Waals surface area contributed by atoms with Crippen LogP contribution in [0.3, 0.4) is 0 Å². The Bertz CT molecular complexity index is 844. The molecule has 0 bridgehead atoms. The van der Waals surface area contributed by atoms with E-state index in [1.54, 1.807) is 22.7 Å². The number of nitrogens with two attached hydrogens (primary N) is 1. The van der Waals surface area contributed by atoms with E-state index in [9.17, 15) is 0 Å². The normalized spacial score (nSPS) is 12.4. The minimum Gasteiger partial charge on any atom is -0.379 e. The van der Waals surface area contributed by atoms with E-state index in [4.69, 9.17) is 17.3 Å². The molecule has 3 aromatic rings. The highest BCUT2D eigenvalue weighted by Gasteiger charge is 2.17. The van der Waals surface area contributed by atoms with Crippen LogP contribution in [0, 0.1) is 12.8 Å². The van der Waals surface area contributed by atoms with Crippen molar-refractivity contribution in [2.75, 3.05) is 5.32 Å². The van der Waals surface area contributed by atoms with Gasteiger partial charge in [-0.3, -0.25) is 0 Å². The van der Waals surface area contributed by atoms with Crippen LogP contribution in [0.2, 0.25) is 5.15 Å². The fourth-order valence-corrected chi connectivity index (χ4v) is 5.21. The summed E-state index contributed by atoms with van der Waals surface area (Å²) in [5.74, 6) is 0.611. The number of halogens is 2. The summed E-state index contributed by atoms with van der Waals surface area (Å²) in [4.78, 5) is 7.18. The van der Waals surface area contributed by atoms with Crippen molar-refractivity contribution in [3.05, 3.63) is 44.1 Å². The molecule has 26 heavy (non-hydrogen) atoms. The van der Waals surface area contributed by atoms with E-state index in [1.165, 1.54) is 20.0 Å². The summed E-state index contributed by atoms with van der Waals surface area (Å²) in [7, 11) is 0. The summed E-state index contributed by atoms with van der Waals surface area (Å²) < 4.78 is 1.17. The number of fused-ring (bicyclic) bond motifs is 1. The maximum absolute atomic E-state index is 6.33. The Morgan fingerprint density at radius 1 is 1.35 bits per heavy atom. The molecule has 0 aliphatic rings. The molecule has 3 nitrogen and oxygen atoms in total. The molecule has 0 spiro atoms. The number of nitrogens with one attached hydrogen (secondary N) is 1. The summed E-state index contributed by atoms with van der Waals surface area (Å²) in [5, 5.41) is 6.14. The second-order valence-electron chi connectivity index (χ2n) is 6.85. The monoisotopic (exact) mass is 429 g/mol. The molecule has 3 N–H and O–H groups in total. The Morgan fingerprint density at radius 2 is 2.12 bits per heavy atom. The zero-order chi connectivity index (χ0) is 18.0. The summed E-state index contributed by atoms with van der Waals surface area (Å²) in [5.41, 5.74) is 9.60. The van der Waals surface area contributed by atoms with Crippen molar-refractivity contribution in [2.24, 2.45) is 11.7 Å². The first-order chi connectivity index (χ1) is 11.9. The summed E-state index contributed by atoms with van der Waals surface area (Å²) in [6.07, 6.45) is 1.93. The van der Waals surface area contributed by atoms with Gasteiger partial charge in [-0.05, 0) is 42.7 Å². The predicted octanol–water partition coefficient (Wildman–Crippen LogP) is 6.27. The molecule has 0 fully saturated rings. The Balaban J connectivity index is 0.00000243. The first-order valence-electron chi connectivity index (χ1n) is 8.54. The van der Waals surface area contributed by atoms with Gasteiger partial charge in [-0.1, -0.05) is 31.5 Å². The number of hydrogen-bond acceptors (Lipinski definition) is 5. The van der Waals surface area contributed by atoms with Crippen molar-refractivity contribution in [3.63, 3.8) is 0 Å². The lowest BCUT2D eigenvalue weighted by Gasteiger charge is -2.13. The average Bonchev–Trinajstić information content (AvgIpc) is 3.14. The second-order valence-corrected chi connectivity index (χ2v) is 9.37. The van der Waals surface area contributed by atoms with Gasteiger partial charge in [0.05, 0.1) is 15.9 Å². The van der Waals surface area contributed by atoms with E-state index in [-0.39, 0.29) is 18.4 Å². The maximum atomic E-state index is 6.33. The van der Waals surface area contributed by atoms with E-state index < -0.39 is 0 Å². The summed E-state index contributed by atoms with van der Waals surface area (Å²) in [6.45, 7) is 7.35. The third-order valence-electron chi connectivity index (χ3n) is 4.20. The fraction of sp³-hybridized carbons (Fsp3) is 0.421. The van der Waals surface area contributed by atoms with Crippen LogP contribution < -0.4 is 11.1 Å². The Morgan fingerprint density at radius 3 is 2.77 bits per heavy atom. The van der Waals surface area contributed by atoms with E-state index in [1.807, 2.05) is 6.07 Å². The van der Waals surface area contributed by atoms with Crippen LogP contribution in [0.1, 0.15) is 35.6 Å². The topological polar surface area (TPSA) is 50.9 Å². The van der Waals surface area contributed by atoms with Crippen LogP contribution in [-0.4, -0.2) is 11.0 Å². The van der Waals surface area contributed by atoms with Crippen molar-refractivity contribution < 1.29 is 0 Å². The summed E-state index contributed by atoms with van der Waals surface area (Å²) >= 11 is 9.81. The SMILES string of the molecule is Cc1c(C[C@@H](N)CC(C)C)sc2c(NCc3cccs3)cc(Cl)nc12.Cl. The molecule has 0 aliphatic carbocycles. The Hall–Kier alpha value is -0.850. The zero-order valence-corrected chi connectivity index (χ0v) is 18.4. The number of aryl methyl sites for hydroxylation is 1. The molecule has 142 valence electrons. The van der Waals surface area contributed by atoms with Gasteiger partial charge in [0.15, 0.2) is 0 Å². The van der Waals surface area contributed by atoms with Crippen LogP contribution in [0.4, 0.5) is 5.69 Å². The number of aromatic nitrogens is 1. The van der Waals surface area contributed by atoms with Crippen LogP contribution in [0.15, 0.2) is 23.6 Å². The van der Waals surface area contributed by atoms with Crippen molar-refractivity contribution in [1.82, 2.24) is 4.98 Å². The number of anilines is 1. The zero-order valence-electron chi connectivity index (χ0n) is 15.2. The van der Waals surface area contributed by atoms with Crippen LogP contribution in [0.5, 0.6) is 0 Å². The van der Waals surface area contributed by atoms with Gasteiger partial charge in [0, 0.05) is 28.4 Å². The van der Waals surface area contributed by atoms with Gasteiger partial charge in [-0.25, -0.2) is 4.98 Å². The van der Waals surface area contributed by atoms with E-state index >= 15 is 0 Å². The van der Waals surface area contributed by atoms with Gasteiger partial charge in [-0.15, -0.1) is 35.1 Å². The molecule has 1 atom stereocenters. The second kappa shape index (κ2) is 9.38. The van der Waals surface area contributed by atoms with Gasteiger partial charge in [0.2, 0.25) is 0 Å². The number of thiophene rings is 2. The Kier molecular flexibility index (Phi) is 7.74. The number of pyridine rings is 1. The summed E-state index contributed by atoms with van der Waals surface area (Å²) in [6, 6.07) is 6.31. The maximum Gasteiger partial charge on any atom is 0.131 e. The van der Waals surface area contributed by atoms with E-state index in [0.717, 1.165) is 30.6 Å². The van der Waals surface area contributed by atoms with Crippen molar-refractivity contribution in [1.29, 1.82) is 0 Å². The molecule has 0 radical (unpaired) electrons. The van der Waals surface area contributed by atoms with Gasteiger partial charge in [0.25, 0.3) is 0 Å². The molecule has 0 aliphatic heterocycles. The van der Waals surface area contributed by atoms with E-state index in [0.29, 0.717) is 11.1 Å². The highest BCUT2D eigenvalue weighted by Crippen LogP contribution is 2.37. The smallest absolute Gasteiger partial charge is 0.131 e. The number of hydrogen-bond donors (Lipinski definition) is 2. The van der Waals surface area contributed by atoms with Crippen molar-refractivity contribution in [2.45, 2.75) is 46.2 Å². The highest BCUT2D eigenvalue weighted by atomic mass is 35.5. The predicted molar refractivity (Wildman–Crippen MR) is 119 cm³/mol. The minimum atomic E-state index is 0. The minimum absolute atomic E-state index is 0. The lowest BCUT2D eigenvalue weighted by Crippen LogP contribution is -2.24. The van der Waals surface area contributed by atoms with Crippen molar-refractivity contribution >= 4 is 62.6 Å². The first-order valence-corrected chi connectivity index (χ1v) is 10.6. The lowest BCUT2D eigenvalue weighted by atomic mass is 10.0. The number of rotatable bonds is 7. The molecular formula is C19H25Cl2N3S2. The molecule has 7 heteroatoms. The third-order valence-corrected chi connectivity index (χ3v) is 6.60. The Labute approximate surface area is 174 Å². The fourth-order valence-electron chi connectivity index (χ4n) is 3.04. The number of nitrogens with zero attached hydrogens (tertiary/aromatic N) is 1. The van der Waals surface area contributed by atoms with Gasteiger partial charge in [0.1, 0.15) is 5.15 Å². The average molecular weight is 430 g/mol. The molecule has 3 rings (SSSR count). The lowest BCUT2D eigenvalue weighted by molar-refractivity contribution is 0.495. The molecule has 0 saturated carbocycles. The molecule has 3 heterocycles. The quantitative estimate of drug-likeness (QED) is 0.435. The van der Waals surface area contributed by atoms with Gasteiger partial charge < -0.3 is 11.1 Å². The molecule has 0 amide bonds. The largest absolute Gasteiger partial charge is 0.379 e. The molecule has 0 saturated heterocycles. The van der Waals surface area contributed by atoms with Crippen LogP contribution >= 0.6 is 46.7 Å². The standard InChI is InChI=1S/C19H24ClN3S2.ClH/c1-11(2)7-13(21)8-16-12(3)18-19(25-16)15(9-17(20)23-18)22-10-14-5-4-6-24-14;/h4-6,9,11,13H,7-8,10,21H2,1-3H3,(H,22,23);1H/t13-;/m0./s1. The van der Waals surface area contributed by atoms with Crippen LogP contribution in [0.25, 0.3) is 10.2 Å². The highest BCUT2D eigenvalue weighted by molar-refractivity contribution is 7.19. The van der Waals surface area contributed by atoms with Gasteiger partial charge >= 0.3 is 0 Å². The molecule has 0 aromatic carbocycles. The van der Waals surface area contributed by atoms with E-state index in [2.05, 4.69) is 48.6 Å². The molecular weight excluding hydrogens is 405 g/mol. The third kappa shape index (κ3) is 5.11. The van der Waals surface area contributed by atoms with Gasteiger partial charge in [-0.2, -0.15) is 0 Å². The molecule has 3 aromatic heterocycles. The molecule has 0 unspecified atom stereocenters.